The third kappa shape index (κ3) is 3.12. The van der Waals surface area contributed by atoms with Crippen molar-refractivity contribution in [2.45, 2.75) is 25.8 Å². The lowest BCUT2D eigenvalue weighted by Crippen LogP contribution is -2.39. The molecule has 1 N–H and O–H groups in total. The highest BCUT2D eigenvalue weighted by Crippen LogP contribution is 2.35. The topological polar surface area (TPSA) is 45.2 Å². The molecule has 0 saturated carbocycles. The number of nitrogens with one attached hydrogen (secondary N) is 1. The quantitative estimate of drug-likeness (QED) is 0.693. The number of carbonyl (C=O) groups excluding carboxylic acids is 1. The van der Waals surface area contributed by atoms with Gasteiger partial charge in [0.2, 0.25) is 0 Å². The van der Waals surface area contributed by atoms with Gasteiger partial charge in [-0.3, -0.25) is 9.69 Å². The van der Waals surface area contributed by atoms with Gasteiger partial charge in [0.25, 0.3) is 5.91 Å². The number of para-hydroxylation sites is 1. The second-order valence-electron chi connectivity index (χ2n) is 6.41. The number of aromatic nitrogens is 1. The van der Waals surface area contributed by atoms with Gasteiger partial charge in [0, 0.05) is 28.1 Å². The van der Waals surface area contributed by atoms with Gasteiger partial charge >= 0.3 is 0 Å². The fourth-order valence-electron chi connectivity index (χ4n) is 3.63. The molecule has 1 amide bonds. The van der Waals surface area contributed by atoms with Crippen molar-refractivity contribution in [2.24, 2.45) is 0 Å². The lowest BCUT2D eigenvalue weighted by molar-refractivity contribution is 0.0945. The number of halogens is 1. The van der Waals surface area contributed by atoms with E-state index in [-0.39, 0.29) is 5.91 Å². The normalized spacial score (nSPS) is 18.2. The lowest BCUT2D eigenvalue weighted by atomic mass is 10.2. The molecule has 1 fully saturated rings. The summed E-state index contributed by atoms with van der Waals surface area (Å²) in [5.74, 6) is -0.0238. The summed E-state index contributed by atoms with van der Waals surface area (Å²) in [6.45, 7) is 5.05. The Morgan fingerprint density at radius 3 is 3.08 bits per heavy atom. The maximum absolute atomic E-state index is 12.6. The number of benzene rings is 1. The number of nitrogens with zero attached hydrogens (tertiary/aromatic N) is 2. The summed E-state index contributed by atoms with van der Waals surface area (Å²) >= 11 is 7.82. The van der Waals surface area contributed by atoms with E-state index >= 15 is 0 Å². The van der Waals surface area contributed by atoms with Crippen LogP contribution < -0.4 is 5.32 Å². The van der Waals surface area contributed by atoms with Crippen LogP contribution >= 0.6 is 22.9 Å². The Hall–Kier alpha value is -1.69. The maximum atomic E-state index is 12.6. The molecule has 3 heterocycles. The van der Waals surface area contributed by atoms with Crippen molar-refractivity contribution < 1.29 is 4.79 Å². The molecule has 130 valence electrons. The van der Waals surface area contributed by atoms with Crippen LogP contribution in [0.3, 0.4) is 0 Å². The average Bonchev–Trinajstić information content (AvgIpc) is 3.27. The van der Waals surface area contributed by atoms with Crippen LogP contribution in [-0.4, -0.2) is 41.5 Å². The SMILES string of the molecule is CCN1CCC[C@@H]1CNC(=O)c1cc2c(Cl)nc3ccccc3c2s1. The number of amides is 1. The van der Waals surface area contributed by atoms with Gasteiger partial charge in [0.15, 0.2) is 0 Å². The van der Waals surface area contributed by atoms with Crippen molar-refractivity contribution in [3.8, 4) is 0 Å². The average molecular weight is 374 g/mol. The Morgan fingerprint density at radius 1 is 1.40 bits per heavy atom. The second-order valence-corrected chi connectivity index (χ2v) is 7.82. The van der Waals surface area contributed by atoms with E-state index in [0.717, 1.165) is 40.5 Å². The molecule has 0 aliphatic carbocycles. The molecule has 0 bridgehead atoms. The summed E-state index contributed by atoms with van der Waals surface area (Å²) in [6, 6.07) is 10.2. The van der Waals surface area contributed by atoms with Crippen LogP contribution in [0.25, 0.3) is 21.0 Å². The molecule has 25 heavy (non-hydrogen) atoms. The molecule has 0 radical (unpaired) electrons. The number of rotatable bonds is 4. The van der Waals surface area contributed by atoms with E-state index < -0.39 is 0 Å². The molecule has 3 aromatic rings. The Labute approximate surface area is 155 Å². The first-order valence-electron chi connectivity index (χ1n) is 8.67. The van der Waals surface area contributed by atoms with Crippen molar-refractivity contribution in [3.63, 3.8) is 0 Å². The Morgan fingerprint density at radius 2 is 2.24 bits per heavy atom. The van der Waals surface area contributed by atoms with Gasteiger partial charge in [0.05, 0.1) is 10.4 Å². The highest BCUT2D eigenvalue weighted by molar-refractivity contribution is 7.21. The van der Waals surface area contributed by atoms with Crippen LogP contribution in [0.1, 0.15) is 29.4 Å². The summed E-state index contributed by atoms with van der Waals surface area (Å²) in [5, 5.41) is 5.45. The van der Waals surface area contributed by atoms with Crippen LogP contribution in [0.4, 0.5) is 0 Å². The molecule has 1 atom stereocenters. The van der Waals surface area contributed by atoms with E-state index in [9.17, 15) is 4.79 Å². The minimum absolute atomic E-state index is 0.0238. The molecular formula is C19H20ClN3OS. The highest BCUT2D eigenvalue weighted by Gasteiger charge is 2.24. The number of fused-ring (bicyclic) bond motifs is 3. The van der Waals surface area contributed by atoms with Crippen LogP contribution in [0.5, 0.6) is 0 Å². The predicted molar refractivity (Wildman–Crippen MR) is 105 cm³/mol. The van der Waals surface area contributed by atoms with E-state index in [0.29, 0.717) is 22.6 Å². The van der Waals surface area contributed by atoms with Gasteiger partial charge in [-0.15, -0.1) is 11.3 Å². The molecule has 1 aliphatic heterocycles. The van der Waals surface area contributed by atoms with Crippen LogP contribution in [-0.2, 0) is 0 Å². The second kappa shape index (κ2) is 6.90. The summed E-state index contributed by atoms with van der Waals surface area (Å²) in [4.78, 5) is 20.2. The smallest absolute Gasteiger partial charge is 0.261 e. The van der Waals surface area contributed by atoms with Gasteiger partial charge in [-0.2, -0.15) is 0 Å². The number of hydrogen-bond acceptors (Lipinski definition) is 4. The zero-order chi connectivity index (χ0) is 17.4. The molecule has 6 heteroatoms. The maximum Gasteiger partial charge on any atom is 0.261 e. The van der Waals surface area contributed by atoms with Crippen molar-refractivity contribution in [3.05, 3.63) is 40.4 Å². The molecule has 4 rings (SSSR count). The van der Waals surface area contributed by atoms with Gasteiger partial charge in [-0.25, -0.2) is 4.98 Å². The molecule has 1 aromatic carbocycles. The third-order valence-corrected chi connectivity index (χ3v) is 6.40. The Bertz CT molecular complexity index is 939. The zero-order valence-electron chi connectivity index (χ0n) is 14.1. The number of likely N-dealkylation sites (N-methyl/N-ethyl adjacent to an activating group) is 1. The lowest BCUT2D eigenvalue weighted by Gasteiger charge is -2.22. The molecular weight excluding hydrogens is 354 g/mol. The standard InChI is InChI=1S/C19H20ClN3OS/c1-2-23-9-5-6-12(23)11-21-19(24)16-10-14-17(25-16)13-7-3-4-8-15(13)22-18(14)20/h3-4,7-8,10,12H,2,5-6,9,11H2,1H3,(H,21,24)/t12-/m1/s1. The third-order valence-electron chi connectivity index (χ3n) is 4.95. The molecule has 1 saturated heterocycles. The summed E-state index contributed by atoms with van der Waals surface area (Å²) in [6.07, 6.45) is 2.37. The van der Waals surface area contributed by atoms with Crippen molar-refractivity contribution >= 4 is 49.8 Å². The first-order valence-corrected chi connectivity index (χ1v) is 9.87. The molecule has 0 unspecified atom stereocenters. The zero-order valence-corrected chi connectivity index (χ0v) is 15.7. The van der Waals surface area contributed by atoms with E-state index in [2.05, 4.69) is 22.1 Å². The predicted octanol–water partition coefficient (Wildman–Crippen LogP) is 4.32. The first kappa shape index (κ1) is 16.8. The monoisotopic (exact) mass is 373 g/mol. The molecule has 1 aliphatic rings. The van der Waals surface area contributed by atoms with Gasteiger partial charge in [-0.05, 0) is 38.1 Å². The van der Waals surface area contributed by atoms with Crippen LogP contribution in [0.2, 0.25) is 5.15 Å². The van der Waals surface area contributed by atoms with E-state index in [1.807, 2.05) is 30.3 Å². The van der Waals surface area contributed by atoms with Gasteiger partial charge < -0.3 is 5.32 Å². The highest BCUT2D eigenvalue weighted by atomic mass is 35.5. The van der Waals surface area contributed by atoms with Gasteiger partial charge in [0.1, 0.15) is 5.15 Å². The van der Waals surface area contributed by atoms with Crippen molar-refractivity contribution in [1.29, 1.82) is 0 Å². The van der Waals surface area contributed by atoms with Crippen LogP contribution in [0, 0.1) is 0 Å². The summed E-state index contributed by atoms with van der Waals surface area (Å²) in [5.41, 5.74) is 0.860. The van der Waals surface area contributed by atoms with Gasteiger partial charge in [-0.1, -0.05) is 36.7 Å². The van der Waals surface area contributed by atoms with E-state index in [1.54, 1.807) is 0 Å². The minimum Gasteiger partial charge on any atom is -0.350 e. The van der Waals surface area contributed by atoms with E-state index in [4.69, 9.17) is 11.6 Å². The molecule has 0 spiro atoms. The van der Waals surface area contributed by atoms with Crippen molar-refractivity contribution in [1.82, 2.24) is 15.2 Å². The Kier molecular flexibility index (Phi) is 4.63. The number of hydrogen-bond donors (Lipinski definition) is 1. The van der Waals surface area contributed by atoms with Crippen LogP contribution in [0.15, 0.2) is 30.3 Å². The first-order chi connectivity index (χ1) is 12.2. The van der Waals surface area contributed by atoms with Crippen molar-refractivity contribution in [2.75, 3.05) is 19.6 Å². The summed E-state index contributed by atoms with van der Waals surface area (Å²) in [7, 11) is 0. The number of carbonyl (C=O) groups is 1. The number of thiophene rings is 1. The number of likely N-dealkylation sites (tertiary alicyclic amines) is 1. The summed E-state index contributed by atoms with van der Waals surface area (Å²) < 4.78 is 1.02. The molecule has 4 nitrogen and oxygen atoms in total. The fourth-order valence-corrected chi connectivity index (χ4v) is 5.03. The Balaban J connectivity index is 1.60. The minimum atomic E-state index is -0.0238. The largest absolute Gasteiger partial charge is 0.350 e. The number of pyridine rings is 1. The molecule has 2 aromatic heterocycles. The fraction of sp³-hybridized carbons (Fsp3) is 0.368. The van der Waals surface area contributed by atoms with E-state index in [1.165, 1.54) is 17.8 Å².